The lowest BCUT2D eigenvalue weighted by molar-refractivity contribution is 0.0526. The zero-order valence-electron chi connectivity index (χ0n) is 12.6. The third kappa shape index (κ3) is 2.57. The van der Waals surface area contributed by atoms with Gasteiger partial charge in [0.1, 0.15) is 11.4 Å². The van der Waals surface area contributed by atoms with Crippen LogP contribution in [0.4, 0.5) is 5.82 Å². The third-order valence-corrected chi connectivity index (χ3v) is 4.03. The average molecular weight is 320 g/mol. The minimum absolute atomic E-state index is 0.0823. The Morgan fingerprint density at radius 2 is 2.14 bits per heavy atom. The molecule has 2 heterocycles. The molecule has 0 spiro atoms. The van der Waals surface area contributed by atoms with Crippen LogP contribution in [0.15, 0.2) is 24.3 Å². The molecule has 1 aliphatic rings. The van der Waals surface area contributed by atoms with Crippen molar-refractivity contribution in [3.05, 3.63) is 46.1 Å². The third-order valence-electron chi connectivity index (χ3n) is 3.78. The first-order valence-corrected chi connectivity index (χ1v) is 7.80. The molecule has 1 atom stereocenters. The molecule has 1 N–H and O–H groups in total. The zero-order chi connectivity index (χ0) is 15.7. The molecule has 3 rings (SSSR count). The van der Waals surface area contributed by atoms with Crippen LogP contribution >= 0.6 is 11.6 Å². The fraction of sp³-hybridized carbons (Fsp3) is 0.375. The Morgan fingerprint density at radius 1 is 1.41 bits per heavy atom. The van der Waals surface area contributed by atoms with Crippen molar-refractivity contribution in [3.63, 3.8) is 0 Å². The van der Waals surface area contributed by atoms with Gasteiger partial charge in [0, 0.05) is 5.02 Å². The highest BCUT2D eigenvalue weighted by Crippen LogP contribution is 2.34. The number of nitrogens with one attached hydrogen (secondary N) is 1. The van der Waals surface area contributed by atoms with E-state index in [9.17, 15) is 4.79 Å². The second-order valence-corrected chi connectivity index (χ2v) is 5.61. The Morgan fingerprint density at radius 3 is 2.77 bits per heavy atom. The van der Waals surface area contributed by atoms with Gasteiger partial charge in [-0.3, -0.25) is 0 Å². The van der Waals surface area contributed by atoms with E-state index in [4.69, 9.17) is 16.3 Å². The molecule has 0 saturated heterocycles. The van der Waals surface area contributed by atoms with Crippen LogP contribution in [-0.2, 0) is 17.7 Å². The van der Waals surface area contributed by atoms with Crippen LogP contribution in [0.25, 0.3) is 0 Å². The number of carbonyl (C=O) groups is 1. The molecule has 0 aliphatic carbocycles. The number of benzene rings is 1. The summed E-state index contributed by atoms with van der Waals surface area (Å²) < 4.78 is 7.01. The Bertz CT molecular complexity index is 694. The van der Waals surface area contributed by atoms with Gasteiger partial charge >= 0.3 is 5.97 Å². The number of aryl methyl sites for hydroxylation is 1. The van der Waals surface area contributed by atoms with E-state index in [2.05, 4.69) is 10.4 Å². The summed E-state index contributed by atoms with van der Waals surface area (Å²) in [5.41, 5.74) is 2.44. The molecule has 0 saturated carbocycles. The molecule has 0 bridgehead atoms. The van der Waals surface area contributed by atoms with Gasteiger partial charge in [-0.05, 0) is 31.0 Å². The van der Waals surface area contributed by atoms with Gasteiger partial charge in [-0.25, -0.2) is 9.48 Å². The number of fused-ring (bicyclic) bond motifs is 1. The Kier molecular flexibility index (Phi) is 4.07. The lowest BCUT2D eigenvalue weighted by atomic mass is 10.1. The number of hydrogen-bond donors (Lipinski definition) is 1. The number of rotatable bonds is 4. The highest BCUT2D eigenvalue weighted by molar-refractivity contribution is 6.30. The number of esters is 1. The maximum absolute atomic E-state index is 12.2. The summed E-state index contributed by atoms with van der Waals surface area (Å²) in [7, 11) is 0. The van der Waals surface area contributed by atoms with E-state index in [1.807, 2.05) is 35.9 Å². The largest absolute Gasteiger partial charge is 0.462 e. The quantitative estimate of drug-likeness (QED) is 0.877. The first-order valence-electron chi connectivity index (χ1n) is 7.42. The van der Waals surface area contributed by atoms with Crippen molar-refractivity contribution < 1.29 is 9.53 Å². The molecule has 1 aliphatic heterocycles. The van der Waals surface area contributed by atoms with E-state index < -0.39 is 0 Å². The summed E-state index contributed by atoms with van der Waals surface area (Å²) in [5, 5.41) is 8.63. The molecule has 1 aromatic carbocycles. The molecule has 0 amide bonds. The van der Waals surface area contributed by atoms with Crippen LogP contribution in [0.3, 0.4) is 0 Å². The maximum atomic E-state index is 12.2. The summed E-state index contributed by atoms with van der Waals surface area (Å²) in [4.78, 5) is 12.2. The highest BCUT2D eigenvalue weighted by atomic mass is 35.5. The van der Waals surface area contributed by atoms with E-state index in [0.29, 0.717) is 30.2 Å². The monoisotopic (exact) mass is 319 g/mol. The fourth-order valence-electron chi connectivity index (χ4n) is 2.72. The zero-order valence-corrected chi connectivity index (χ0v) is 13.4. The van der Waals surface area contributed by atoms with Crippen LogP contribution in [-0.4, -0.2) is 22.4 Å². The Hall–Kier alpha value is -2.01. The van der Waals surface area contributed by atoms with Crippen molar-refractivity contribution in [2.24, 2.45) is 0 Å². The number of anilines is 1. The molecular weight excluding hydrogens is 302 g/mol. The van der Waals surface area contributed by atoms with Gasteiger partial charge in [-0.1, -0.05) is 30.7 Å². The molecule has 1 aromatic heterocycles. The molecule has 6 heteroatoms. The van der Waals surface area contributed by atoms with E-state index in [1.54, 1.807) is 6.92 Å². The van der Waals surface area contributed by atoms with E-state index in [1.165, 1.54) is 0 Å². The van der Waals surface area contributed by atoms with Crippen molar-refractivity contribution in [3.8, 4) is 0 Å². The molecule has 22 heavy (non-hydrogen) atoms. The van der Waals surface area contributed by atoms with Gasteiger partial charge in [0.15, 0.2) is 0 Å². The number of carbonyl (C=O) groups excluding carboxylic acids is 1. The van der Waals surface area contributed by atoms with Gasteiger partial charge < -0.3 is 10.1 Å². The van der Waals surface area contributed by atoms with Gasteiger partial charge in [-0.15, -0.1) is 0 Å². The summed E-state index contributed by atoms with van der Waals surface area (Å²) in [6.45, 7) is 4.82. The molecule has 2 aromatic rings. The van der Waals surface area contributed by atoms with Crippen molar-refractivity contribution in [1.82, 2.24) is 9.78 Å². The van der Waals surface area contributed by atoms with Crippen LogP contribution in [0.2, 0.25) is 5.02 Å². The number of aromatic nitrogens is 2. The summed E-state index contributed by atoms with van der Waals surface area (Å²) in [6.07, 6.45) is 0.696. The average Bonchev–Trinajstić information content (AvgIpc) is 3.05. The smallest absolute Gasteiger partial charge is 0.343 e. The van der Waals surface area contributed by atoms with Crippen LogP contribution in [0.5, 0.6) is 0 Å². The first-order chi connectivity index (χ1) is 10.6. The number of nitrogens with zero attached hydrogens (tertiary/aromatic N) is 2. The van der Waals surface area contributed by atoms with Crippen molar-refractivity contribution in [1.29, 1.82) is 0 Å². The Labute approximate surface area is 134 Å². The van der Waals surface area contributed by atoms with E-state index >= 15 is 0 Å². The number of ether oxygens (including phenoxy) is 1. The maximum Gasteiger partial charge on any atom is 0.343 e. The van der Waals surface area contributed by atoms with Gasteiger partial charge in [-0.2, -0.15) is 5.10 Å². The highest BCUT2D eigenvalue weighted by Gasteiger charge is 2.31. The topological polar surface area (TPSA) is 56.1 Å². The lowest BCUT2D eigenvalue weighted by Gasteiger charge is -2.12. The molecule has 0 fully saturated rings. The predicted octanol–water partition coefficient (Wildman–Crippen LogP) is 3.44. The molecule has 0 radical (unpaired) electrons. The minimum Gasteiger partial charge on any atom is -0.462 e. The summed E-state index contributed by atoms with van der Waals surface area (Å²) >= 11 is 5.93. The molecule has 1 unspecified atom stereocenters. The lowest BCUT2D eigenvalue weighted by Crippen LogP contribution is -2.12. The number of hydrogen-bond acceptors (Lipinski definition) is 4. The second kappa shape index (κ2) is 6.01. The number of halogens is 1. The van der Waals surface area contributed by atoms with Crippen LogP contribution < -0.4 is 5.32 Å². The van der Waals surface area contributed by atoms with Crippen molar-refractivity contribution in [2.75, 3.05) is 11.9 Å². The molecular formula is C16H18ClN3O2. The van der Waals surface area contributed by atoms with Crippen molar-refractivity contribution in [2.45, 2.75) is 32.9 Å². The normalized spacial score (nSPS) is 16.2. The van der Waals surface area contributed by atoms with Crippen LogP contribution in [0.1, 0.15) is 41.5 Å². The second-order valence-electron chi connectivity index (χ2n) is 5.17. The Balaban J connectivity index is 1.90. The van der Waals surface area contributed by atoms with Crippen LogP contribution in [0, 0.1) is 0 Å². The first kappa shape index (κ1) is 14.9. The van der Waals surface area contributed by atoms with E-state index in [-0.39, 0.29) is 12.0 Å². The molecule has 116 valence electrons. The predicted molar refractivity (Wildman–Crippen MR) is 85.4 cm³/mol. The van der Waals surface area contributed by atoms with Gasteiger partial charge in [0.25, 0.3) is 0 Å². The van der Waals surface area contributed by atoms with Crippen molar-refractivity contribution >= 4 is 23.4 Å². The fourth-order valence-corrected chi connectivity index (χ4v) is 2.85. The van der Waals surface area contributed by atoms with E-state index in [0.717, 1.165) is 17.1 Å². The minimum atomic E-state index is -0.315. The van der Waals surface area contributed by atoms with Gasteiger partial charge in [0.05, 0.1) is 24.9 Å². The summed E-state index contributed by atoms with van der Waals surface area (Å²) in [6, 6.07) is 7.78. The summed E-state index contributed by atoms with van der Waals surface area (Å²) in [5.74, 6) is 0.431. The van der Waals surface area contributed by atoms with Gasteiger partial charge in [0.2, 0.25) is 0 Å². The molecule has 5 nitrogen and oxygen atoms in total. The standard InChI is InChI=1S/C16H18ClN3O2/c1-3-12-14(16(21)22-4-2)15-18-13(9-20(15)19-12)10-5-7-11(17)8-6-10/h5-8,13,18H,3-4,9H2,1-2H3. The SMILES string of the molecule is CCOC(=O)c1c(CC)nn2c1NC(c1ccc(Cl)cc1)C2.